The Kier molecular flexibility index (Phi) is 6.79. The predicted octanol–water partition coefficient (Wildman–Crippen LogP) is 5.83. The number of carbonyl (C=O) groups excluding carboxylic acids is 1. The molecular weight excluding hydrogens is 480 g/mol. The summed E-state index contributed by atoms with van der Waals surface area (Å²) in [6, 6.07) is 19.3. The molecule has 1 atom stereocenters. The second-order valence-electron chi connectivity index (χ2n) is 9.11. The Bertz CT molecular complexity index is 1500. The SMILES string of the molecule is COc1ccc([C@H]2C=C(c3ccc(C)cc3)Nc3c(C(=O)Nc4ccc(C)cc4)cnn32)c(OC)c1OC. The average Bonchev–Trinajstić information content (AvgIpc) is 3.37. The summed E-state index contributed by atoms with van der Waals surface area (Å²) >= 11 is 0. The number of anilines is 2. The highest BCUT2D eigenvalue weighted by Crippen LogP contribution is 2.45. The van der Waals surface area contributed by atoms with Gasteiger partial charge in [0.15, 0.2) is 11.5 Å². The number of allylic oxidation sites excluding steroid dienone is 1. The summed E-state index contributed by atoms with van der Waals surface area (Å²) in [5.41, 5.74) is 6.06. The lowest BCUT2D eigenvalue weighted by atomic mass is 9.99. The highest BCUT2D eigenvalue weighted by molar-refractivity contribution is 6.08. The summed E-state index contributed by atoms with van der Waals surface area (Å²) in [7, 11) is 4.76. The van der Waals surface area contributed by atoms with Crippen LogP contribution in [0.5, 0.6) is 17.2 Å². The van der Waals surface area contributed by atoms with Gasteiger partial charge in [-0.25, -0.2) is 4.68 Å². The first-order chi connectivity index (χ1) is 18.4. The van der Waals surface area contributed by atoms with E-state index in [9.17, 15) is 4.79 Å². The molecule has 8 nitrogen and oxygen atoms in total. The number of benzene rings is 3. The molecule has 3 aromatic carbocycles. The first-order valence-electron chi connectivity index (χ1n) is 12.2. The fourth-order valence-electron chi connectivity index (χ4n) is 4.58. The molecule has 1 aromatic heterocycles. The highest BCUT2D eigenvalue weighted by atomic mass is 16.5. The number of fused-ring (bicyclic) bond motifs is 1. The number of ether oxygens (including phenoxy) is 3. The summed E-state index contributed by atoms with van der Waals surface area (Å²) in [4.78, 5) is 13.4. The van der Waals surface area contributed by atoms with E-state index in [1.165, 1.54) is 0 Å². The van der Waals surface area contributed by atoms with Gasteiger partial charge in [-0.05, 0) is 49.8 Å². The number of rotatable bonds is 7. The summed E-state index contributed by atoms with van der Waals surface area (Å²) in [6.07, 6.45) is 3.65. The highest BCUT2D eigenvalue weighted by Gasteiger charge is 2.31. The van der Waals surface area contributed by atoms with Gasteiger partial charge in [-0.2, -0.15) is 5.10 Å². The lowest BCUT2D eigenvalue weighted by molar-refractivity contribution is 0.102. The minimum Gasteiger partial charge on any atom is -0.493 e. The lowest BCUT2D eigenvalue weighted by Gasteiger charge is -2.28. The van der Waals surface area contributed by atoms with Crippen molar-refractivity contribution < 1.29 is 19.0 Å². The fourth-order valence-corrected chi connectivity index (χ4v) is 4.58. The molecule has 2 heterocycles. The average molecular weight is 511 g/mol. The van der Waals surface area contributed by atoms with Gasteiger partial charge in [-0.15, -0.1) is 0 Å². The van der Waals surface area contributed by atoms with E-state index in [1.807, 2.05) is 50.2 Å². The third kappa shape index (κ3) is 4.56. The number of amides is 1. The Morgan fingerprint density at radius 2 is 1.53 bits per heavy atom. The first kappa shape index (κ1) is 25.0. The molecule has 0 bridgehead atoms. The van der Waals surface area contributed by atoms with Crippen LogP contribution in [0.1, 0.15) is 38.7 Å². The van der Waals surface area contributed by atoms with Crippen LogP contribution in [0.2, 0.25) is 0 Å². The Balaban J connectivity index is 1.62. The molecule has 0 fully saturated rings. The van der Waals surface area contributed by atoms with Gasteiger partial charge in [0.2, 0.25) is 5.75 Å². The van der Waals surface area contributed by atoms with Crippen molar-refractivity contribution in [2.75, 3.05) is 32.0 Å². The molecule has 0 spiro atoms. The van der Waals surface area contributed by atoms with E-state index in [0.717, 1.165) is 28.0 Å². The monoisotopic (exact) mass is 510 g/mol. The van der Waals surface area contributed by atoms with Gasteiger partial charge >= 0.3 is 0 Å². The van der Waals surface area contributed by atoms with Crippen LogP contribution in [-0.2, 0) is 0 Å². The van der Waals surface area contributed by atoms with Gasteiger partial charge in [0.25, 0.3) is 5.91 Å². The smallest absolute Gasteiger partial charge is 0.261 e. The van der Waals surface area contributed by atoms with Crippen molar-refractivity contribution in [2.45, 2.75) is 19.9 Å². The van der Waals surface area contributed by atoms with Crippen LogP contribution in [-0.4, -0.2) is 37.0 Å². The molecule has 1 aliphatic heterocycles. The van der Waals surface area contributed by atoms with E-state index in [4.69, 9.17) is 14.2 Å². The molecule has 194 valence electrons. The van der Waals surface area contributed by atoms with Crippen LogP contribution in [0.15, 0.2) is 72.9 Å². The molecule has 0 radical (unpaired) electrons. The van der Waals surface area contributed by atoms with Crippen molar-refractivity contribution in [1.29, 1.82) is 0 Å². The number of methoxy groups -OCH3 is 3. The summed E-state index contributed by atoms with van der Waals surface area (Å²) in [5.74, 6) is 1.90. The van der Waals surface area contributed by atoms with Crippen molar-refractivity contribution in [2.24, 2.45) is 0 Å². The molecule has 1 amide bonds. The largest absolute Gasteiger partial charge is 0.493 e. The Morgan fingerprint density at radius 3 is 2.16 bits per heavy atom. The number of hydrogen-bond acceptors (Lipinski definition) is 6. The van der Waals surface area contributed by atoms with Crippen LogP contribution in [0.3, 0.4) is 0 Å². The third-order valence-corrected chi connectivity index (χ3v) is 6.61. The molecule has 8 heteroatoms. The van der Waals surface area contributed by atoms with E-state index in [1.54, 1.807) is 32.2 Å². The van der Waals surface area contributed by atoms with Gasteiger partial charge in [0, 0.05) is 16.9 Å². The Morgan fingerprint density at radius 1 is 0.868 bits per heavy atom. The van der Waals surface area contributed by atoms with Crippen LogP contribution in [0, 0.1) is 13.8 Å². The zero-order chi connectivity index (χ0) is 26.8. The molecule has 4 aromatic rings. The lowest BCUT2D eigenvalue weighted by Crippen LogP contribution is -2.22. The summed E-state index contributed by atoms with van der Waals surface area (Å²) in [6.45, 7) is 4.05. The van der Waals surface area contributed by atoms with E-state index < -0.39 is 6.04 Å². The summed E-state index contributed by atoms with van der Waals surface area (Å²) in [5, 5.41) is 11.1. The van der Waals surface area contributed by atoms with Crippen LogP contribution < -0.4 is 24.8 Å². The van der Waals surface area contributed by atoms with Crippen LogP contribution >= 0.6 is 0 Å². The minimum atomic E-state index is -0.391. The maximum Gasteiger partial charge on any atom is 0.261 e. The van der Waals surface area contributed by atoms with E-state index >= 15 is 0 Å². The zero-order valence-corrected chi connectivity index (χ0v) is 22.0. The van der Waals surface area contributed by atoms with E-state index in [-0.39, 0.29) is 5.91 Å². The second kappa shape index (κ2) is 10.3. The van der Waals surface area contributed by atoms with E-state index in [0.29, 0.717) is 34.3 Å². The Labute approximate surface area is 221 Å². The maximum absolute atomic E-state index is 13.4. The number of aryl methyl sites for hydroxylation is 2. The number of carbonyl (C=O) groups is 1. The molecule has 0 saturated heterocycles. The van der Waals surface area contributed by atoms with Crippen LogP contribution in [0.4, 0.5) is 11.5 Å². The van der Waals surface area contributed by atoms with Crippen molar-refractivity contribution in [1.82, 2.24) is 9.78 Å². The second-order valence-corrected chi connectivity index (χ2v) is 9.11. The number of nitrogens with zero attached hydrogens (tertiary/aromatic N) is 2. The minimum absolute atomic E-state index is 0.259. The van der Waals surface area contributed by atoms with Crippen molar-refractivity contribution in [3.05, 3.63) is 101 Å². The molecular formula is C30H30N4O4. The molecule has 0 saturated carbocycles. The van der Waals surface area contributed by atoms with Gasteiger partial charge in [-0.1, -0.05) is 47.5 Å². The zero-order valence-electron chi connectivity index (χ0n) is 22.0. The number of hydrogen-bond donors (Lipinski definition) is 2. The van der Waals surface area contributed by atoms with Gasteiger partial charge in [-0.3, -0.25) is 4.79 Å². The van der Waals surface area contributed by atoms with Crippen LogP contribution in [0.25, 0.3) is 5.70 Å². The standard InChI is InChI=1S/C30H30N4O4/c1-18-6-10-20(11-7-18)24-16-25(22-14-15-26(36-3)28(38-5)27(22)37-4)34-29(33-24)23(17-31-34)30(35)32-21-12-8-19(2)9-13-21/h6-17,25,33H,1-5H3,(H,32,35)/t25-/m1/s1. The van der Waals surface area contributed by atoms with E-state index in [2.05, 4.69) is 46.1 Å². The summed E-state index contributed by atoms with van der Waals surface area (Å²) < 4.78 is 18.7. The van der Waals surface area contributed by atoms with Gasteiger partial charge in [0.1, 0.15) is 17.4 Å². The maximum atomic E-state index is 13.4. The fraction of sp³-hybridized carbons (Fsp3) is 0.200. The van der Waals surface area contributed by atoms with Crippen molar-refractivity contribution >= 4 is 23.1 Å². The topological polar surface area (TPSA) is 86.6 Å². The number of aromatic nitrogens is 2. The van der Waals surface area contributed by atoms with Gasteiger partial charge < -0.3 is 24.8 Å². The normalized spacial score (nSPS) is 14.1. The van der Waals surface area contributed by atoms with Crippen molar-refractivity contribution in [3.8, 4) is 17.2 Å². The molecule has 2 N–H and O–H groups in total. The Hall–Kier alpha value is -4.72. The predicted molar refractivity (Wildman–Crippen MR) is 148 cm³/mol. The molecule has 0 unspecified atom stereocenters. The third-order valence-electron chi connectivity index (χ3n) is 6.61. The van der Waals surface area contributed by atoms with Crippen molar-refractivity contribution in [3.63, 3.8) is 0 Å². The number of nitrogens with one attached hydrogen (secondary N) is 2. The molecule has 0 aliphatic carbocycles. The van der Waals surface area contributed by atoms with Gasteiger partial charge in [0.05, 0.1) is 27.5 Å². The first-order valence-corrected chi connectivity index (χ1v) is 12.2. The molecule has 38 heavy (non-hydrogen) atoms. The molecule has 5 rings (SSSR count). The molecule has 1 aliphatic rings. The quantitative estimate of drug-likeness (QED) is 0.325.